The molecule has 0 fully saturated rings. The molecule has 2 heterocycles. The Kier molecular flexibility index (Phi) is 5.00. The van der Waals surface area contributed by atoms with Gasteiger partial charge in [0.1, 0.15) is 11.7 Å². The van der Waals surface area contributed by atoms with Crippen molar-refractivity contribution in [1.29, 1.82) is 0 Å². The Morgan fingerprint density at radius 3 is 2.48 bits per heavy atom. The molecule has 1 aromatic carbocycles. The fourth-order valence-corrected chi connectivity index (χ4v) is 3.57. The van der Waals surface area contributed by atoms with Gasteiger partial charge in [-0.15, -0.1) is 0 Å². The van der Waals surface area contributed by atoms with Crippen LogP contribution in [0, 0.1) is 0 Å². The summed E-state index contributed by atoms with van der Waals surface area (Å²) < 4.78 is 62.1. The number of nitrogens with one attached hydrogen (secondary N) is 1. The minimum atomic E-state index is -4.46. The zero-order valence-electron chi connectivity index (χ0n) is 13.7. The first-order valence-corrected chi connectivity index (χ1v) is 9.11. The quantitative estimate of drug-likeness (QED) is 0.669. The number of carbonyl (C=O) groups is 1. The van der Waals surface area contributed by atoms with Crippen molar-refractivity contribution in [2.45, 2.75) is 18.8 Å². The van der Waals surface area contributed by atoms with E-state index in [1.165, 1.54) is 27.9 Å². The second-order valence-electron chi connectivity index (χ2n) is 5.98. The van der Waals surface area contributed by atoms with Crippen LogP contribution in [-0.4, -0.2) is 47.9 Å². The van der Waals surface area contributed by atoms with Crippen LogP contribution in [-0.2, 0) is 23.4 Å². The normalized spacial score (nSPS) is 17.0. The third kappa shape index (κ3) is 4.15. The largest absolute Gasteiger partial charge is 0.465 e. The Labute approximate surface area is 153 Å². The second-order valence-corrected chi connectivity index (χ2v) is 6.93. The van der Waals surface area contributed by atoms with Crippen LogP contribution >= 0.6 is 0 Å². The SMILES string of the molecule is O=C(O)NC1CN(C[SH](=O)=O)c2c(-c3ccc(C(F)(F)F)cc3)cnn2C1. The van der Waals surface area contributed by atoms with Crippen LogP contribution in [0.2, 0.25) is 0 Å². The highest BCUT2D eigenvalue weighted by atomic mass is 32.2. The number of fused-ring (bicyclic) bond motifs is 1. The number of anilines is 1. The van der Waals surface area contributed by atoms with Gasteiger partial charge in [0.25, 0.3) is 0 Å². The summed E-state index contributed by atoms with van der Waals surface area (Å²) in [5.41, 5.74) is 0.117. The summed E-state index contributed by atoms with van der Waals surface area (Å²) in [6.45, 7) is 0.267. The smallest absolute Gasteiger partial charge is 0.416 e. The van der Waals surface area contributed by atoms with Gasteiger partial charge in [-0.05, 0) is 17.7 Å². The van der Waals surface area contributed by atoms with Crippen LogP contribution in [0.3, 0.4) is 0 Å². The molecule has 0 bridgehead atoms. The van der Waals surface area contributed by atoms with E-state index in [9.17, 15) is 26.4 Å². The lowest BCUT2D eigenvalue weighted by Gasteiger charge is -2.34. The Morgan fingerprint density at radius 2 is 1.93 bits per heavy atom. The van der Waals surface area contributed by atoms with Gasteiger partial charge in [0, 0.05) is 12.1 Å². The summed E-state index contributed by atoms with van der Waals surface area (Å²) in [6, 6.07) is 3.88. The summed E-state index contributed by atoms with van der Waals surface area (Å²) in [5, 5.41) is 15.3. The highest BCUT2D eigenvalue weighted by Gasteiger charge is 2.32. The van der Waals surface area contributed by atoms with Crippen molar-refractivity contribution in [3.05, 3.63) is 36.0 Å². The lowest BCUT2D eigenvalue weighted by atomic mass is 10.0. The molecule has 1 unspecified atom stereocenters. The van der Waals surface area contributed by atoms with Gasteiger partial charge in [-0.2, -0.15) is 18.3 Å². The maximum atomic E-state index is 12.7. The summed E-state index contributed by atoms with van der Waals surface area (Å²) in [5.74, 6) is 0.0457. The zero-order valence-corrected chi connectivity index (χ0v) is 14.6. The van der Waals surface area contributed by atoms with Gasteiger partial charge in [0.05, 0.1) is 24.3 Å². The fourth-order valence-electron chi connectivity index (χ4n) is 3.04. The zero-order chi connectivity index (χ0) is 19.8. The molecule has 0 saturated heterocycles. The van der Waals surface area contributed by atoms with Crippen LogP contribution in [0.5, 0.6) is 0 Å². The highest BCUT2D eigenvalue weighted by Crippen LogP contribution is 2.35. The molecule has 1 amide bonds. The van der Waals surface area contributed by atoms with Crippen LogP contribution < -0.4 is 10.2 Å². The standard InChI is InChI=1S/C15H15F3N4O4S/c16-15(17,18)10-3-1-9(2-4-10)12-5-19-22-7-11(20-14(23)24)6-21(13(12)22)8-27(25)26/h1-5,11,20,27H,6-8H2,(H,23,24). The minimum absolute atomic E-state index is 0.0922. The molecule has 0 radical (unpaired) electrons. The van der Waals surface area contributed by atoms with Crippen molar-refractivity contribution in [2.75, 3.05) is 17.3 Å². The van der Waals surface area contributed by atoms with Gasteiger partial charge in [-0.25, -0.2) is 17.9 Å². The molecule has 27 heavy (non-hydrogen) atoms. The van der Waals surface area contributed by atoms with Crippen LogP contribution in [0.1, 0.15) is 5.56 Å². The van der Waals surface area contributed by atoms with Gasteiger partial charge in [0.2, 0.25) is 0 Å². The number of carboxylic acid groups (broad SMARTS) is 1. The van der Waals surface area contributed by atoms with E-state index in [0.29, 0.717) is 16.9 Å². The summed E-state index contributed by atoms with van der Waals surface area (Å²) in [7, 11) is -2.81. The van der Waals surface area contributed by atoms with Crippen molar-refractivity contribution in [3.63, 3.8) is 0 Å². The highest BCUT2D eigenvalue weighted by molar-refractivity contribution is 7.72. The lowest BCUT2D eigenvalue weighted by molar-refractivity contribution is -0.137. The summed E-state index contributed by atoms with van der Waals surface area (Å²) in [6.07, 6.45) is -4.28. The van der Waals surface area contributed by atoms with E-state index >= 15 is 0 Å². The van der Waals surface area contributed by atoms with E-state index < -0.39 is 34.6 Å². The van der Waals surface area contributed by atoms with Crippen LogP contribution in [0.25, 0.3) is 11.1 Å². The Balaban J connectivity index is 1.98. The number of hydrogen-bond acceptors (Lipinski definition) is 5. The summed E-state index contributed by atoms with van der Waals surface area (Å²) in [4.78, 5) is 12.3. The van der Waals surface area contributed by atoms with Gasteiger partial charge in [-0.1, -0.05) is 12.1 Å². The van der Waals surface area contributed by atoms with Crippen LogP contribution in [0.15, 0.2) is 30.5 Å². The molecule has 1 aliphatic heterocycles. The third-order valence-corrected chi connectivity index (χ3v) is 4.65. The van der Waals surface area contributed by atoms with Crippen molar-refractivity contribution < 1.29 is 31.5 Å². The van der Waals surface area contributed by atoms with Gasteiger partial charge < -0.3 is 15.3 Å². The number of nitrogens with zero attached hydrogens (tertiary/aromatic N) is 3. The average Bonchev–Trinajstić information content (AvgIpc) is 2.97. The predicted molar refractivity (Wildman–Crippen MR) is 90.1 cm³/mol. The number of hydrogen-bond donors (Lipinski definition) is 3. The van der Waals surface area contributed by atoms with Crippen molar-refractivity contribution in [2.24, 2.45) is 0 Å². The predicted octanol–water partition coefficient (Wildman–Crippen LogP) is 1.59. The maximum Gasteiger partial charge on any atom is 0.416 e. The summed E-state index contributed by atoms with van der Waals surface area (Å²) >= 11 is 0. The molecule has 2 N–H and O–H groups in total. The third-order valence-electron chi connectivity index (χ3n) is 4.08. The molecule has 8 nitrogen and oxygen atoms in total. The number of alkyl halides is 3. The molecular weight excluding hydrogens is 389 g/mol. The molecule has 1 aromatic heterocycles. The van der Waals surface area contributed by atoms with E-state index in [1.807, 2.05) is 0 Å². The number of thiol groups is 1. The molecule has 146 valence electrons. The first-order chi connectivity index (χ1) is 12.6. The van der Waals surface area contributed by atoms with E-state index in [1.54, 1.807) is 0 Å². The monoisotopic (exact) mass is 404 g/mol. The number of benzene rings is 1. The molecule has 0 aliphatic carbocycles. The lowest BCUT2D eigenvalue weighted by Crippen LogP contribution is -2.50. The van der Waals surface area contributed by atoms with Gasteiger partial charge in [0.15, 0.2) is 10.7 Å². The van der Waals surface area contributed by atoms with E-state index in [0.717, 1.165) is 12.1 Å². The van der Waals surface area contributed by atoms with Gasteiger partial charge in [-0.3, -0.25) is 0 Å². The molecule has 1 atom stereocenters. The van der Waals surface area contributed by atoms with Gasteiger partial charge >= 0.3 is 12.3 Å². The van der Waals surface area contributed by atoms with Crippen molar-refractivity contribution in [3.8, 4) is 11.1 Å². The maximum absolute atomic E-state index is 12.7. The van der Waals surface area contributed by atoms with Crippen LogP contribution in [0.4, 0.5) is 23.8 Å². The first kappa shape index (κ1) is 19.0. The fraction of sp³-hybridized carbons (Fsp3) is 0.333. The topological polar surface area (TPSA) is 105 Å². The Bertz CT molecular complexity index is 916. The molecule has 1 aliphatic rings. The molecule has 12 heteroatoms. The Morgan fingerprint density at radius 1 is 1.26 bits per heavy atom. The van der Waals surface area contributed by atoms with E-state index in [4.69, 9.17) is 5.11 Å². The minimum Gasteiger partial charge on any atom is -0.465 e. The first-order valence-electron chi connectivity index (χ1n) is 7.75. The molecular formula is C15H15F3N4O4S. The average molecular weight is 404 g/mol. The number of aromatic nitrogens is 2. The van der Waals surface area contributed by atoms with E-state index in [-0.39, 0.29) is 19.0 Å². The molecule has 0 spiro atoms. The second kappa shape index (κ2) is 7.10. The number of rotatable bonds is 4. The van der Waals surface area contributed by atoms with Crippen molar-refractivity contribution >= 4 is 22.6 Å². The van der Waals surface area contributed by atoms with E-state index in [2.05, 4.69) is 10.4 Å². The molecule has 0 saturated carbocycles. The van der Waals surface area contributed by atoms with Crippen molar-refractivity contribution in [1.82, 2.24) is 15.1 Å². The number of halogens is 3. The Hall–Kier alpha value is -2.76. The molecule has 2 aromatic rings. The molecule has 3 rings (SSSR count). The number of amides is 1.